The minimum absolute atomic E-state index is 0.000131. The van der Waals surface area contributed by atoms with Crippen LogP contribution in [-0.4, -0.2) is 32.1 Å². The number of hydrogen-bond acceptors (Lipinski definition) is 6. The van der Waals surface area contributed by atoms with Gasteiger partial charge < -0.3 is 9.72 Å². The molecule has 0 amide bonds. The molecule has 1 N–H and O–H groups in total. The van der Waals surface area contributed by atoms with Crippen LogP contribution in [0.2, 0.25) is 0 Å². The quantitative estimate of drug-likeness (QED) is 0.638. The maximum atomic E-state index is 11.9. The second-order valence-corrected chi connectivity index (χ2v) is 6.95. The number of rotatable bonds is 3. The summed E-state index contributed by atoms with van der Waals surface area (Å²) in [6.07, 6.45) is 8.14. The zero-order valence-electron chi connectivity index (χ0n) is 16.9. The minimum Gasteiger partial charge on any atom is -0.465 e. The fourth-order valence-corrected chi connectivity index (χ4v) is 2.73. The first-order chi connectivity index (χ1) is 13.2. The third-order valence-electron chi connectivity index (χ3n) is 4.66. The van der Waals surface area contributed by atoms with E-state index in [0.717, 1.165) is 28.9 Å². The highest BCUT2D eigenvalue weighted by Crippen LogP contribution is 2.27. The van der Waals surface area contributed by atoms with E-state index in [4.69, 9.17) is 4.74 Å². The first kappa shape index (κ1) is 21.3. The number of allylic oxidation sites excluding steroid dienone is 1. The van der Waals surface area contributed by atoms with Crippen molar-refractivity contribution in [2.45, 2.75) is 47.1 Å². The lowest BCUT2D eigenvalue weighted by atomic mass is 10.1. The van der Waals surface area contributed by atoms with Gasteiger partial charge in [0.05, 0.1) is 12.6 Å². The van der Waals surface area contributed by atoms with E-state index in [0.29, 0.717) is 6.61 Å². The van der Waals surface area contributed by atoms with Gasteiger partial charge in [-0.1, -0.05) is 12.2 Å². The molecule has 0 radical (unpaired) electrons. The van der Waals surface area contributed by atoms with Crippen molar-refractivity contribution in [3.8, 4) is 0 Å². The van der Waals surface area contributed by atoms with Crippen molar-refractivity contribution in [2.75, 3.05) is 6.61 Å². The first-order valence-electron chi connectivity index (χ1n) is 9.08. The lowest BCUT2D eigenvalue weighted by molar-refractivity contribution is -0.141. The van der Waals surface area contributed by atoms with E-state index in [-0.39, 0.29) is 29.3 Å². The summed E-state index contributed by atoms with van der Waals surface area (Å²) < 4.78 is 6.64. The average Bonchev–Trinajstić information content (AvgIpc) is 3.09. The smallest absolute Gasteiger partial charge is 0.348 e. The van der Waals surface area contributed by atoms with Crippen LogP contribution in [-0.2, 0) is 9.53 Å². The van der Waals surface area contributed by atoms with Crippen molar-refractivity contribution in [3.05, 3.63) is 68.0 Å². The molecule has 1 aliphatic carbocycles. The molecular formula is C20H26N4O4. The van der Waals surface area contributed by atoms with E-state index in [1.165, 1.54) is 6.92 Å². The Balaban J connectivity index is 0.000000261. The number of esters is 1. The molecular weight excluding hydrogens is 360 g/mol. The molecule has 2 aromatic heterocycles. The number of hydrogen-bond donors (Lipinski definition) is 1. The van der Waals surface area contributed by atoms with Gasteiger partial charge in [-0.15, -0.1) is 0 Å². The Hall–Kier alpha value is -3.03. The van der Waals surface area contributed by atoms with E-state index in [2.05, 4.69) is 15.0 Å². The third kappa shape index (κ3) is 5.73. The molecule has 1 aliphatic rings. The fraction of sp³-hybridized carbons (Fsp3) is 0.450. The summed E-state index contributed by atoms with van der Waals surface area (Å²) in [6, 6.07) is -0.000131. The monoisotopic (exact) mass is 386 g/mol. The van der Waals surface area contributed by atoms with Crippen molar-refractivity contribution in [1.82, 2.24) is 19.5 Å². The van der Waals surface area contributed by atoms with Gasteiger partial charge in [-0.3, -0.25) is 9.36 Å². The van der Waals surface area contributed by atoms with E-state index >= 15 is 0 Å². The fourth-order valence-electron chi connectivity index (χ4n) is 2.73. The number of nitrogens with zero attached hydrogens (tertiary/aromatic N) is 3. The Bertz CT molecular complexity index is 990. The van der Waals surface area contributed by atoms with Crippen LogP contribution in [0.4, 0.5) is 0 Å². The van der Waals surface area contributed by atoms with Crippen LogP contribution < -0.4 is 11.4 Å². The Kier molecular flexibility index (Phi) is 7.03. The van der Waals surface area contributed by atoms with E-state index < -0.39 is 0 Å². The zero-order chi connectivity index (χ0) is 20.8. The molecule has 2 unspecified atom stereocenters. The molecule has 8 nitrogen and oxygen atoms in total. The topological polar surface area (TPSA) is 107 Å². The van der Waals surface area contributed by atoms with Gasteiger partial charge in [0.2, 0.25) is 0 Å². The zero-order valence-corrected chi connectivity index (χ0v) is 16.9. The van der Waals surface area contributed by atoms with E-state index in [1.807, 2.05) is 46.0 Å². The highest BCUT2D eigenvalue weighted by atomic mass is 16.5. The van der Waals surface area contributed by atoms with Crippen molar-refractivity contribution < 1.29 is 9.53 Å². The maximum Gasteiger partial charge on any atom is 0.348 e. The Morgan fingerprint density at radius 2 is 1.93 bits per heavy atom. The molecule has 0 saturated carbocycles. The van der Waals surface area contributed by atoms with Gasteiger partial charge in [0.1, 0.15) is 0 Å². The Morgan fingerprint density at radius 1 is 1.21 bits per heavy atom. The lowest BCUT2D eigenvalue weighted by Crippen LogP contribution is -2.27. The summed E-state index contributed by atoms with van der Waals surface area (Å²) in [5.41, 5.74) is 3.14. The molecule has 8 heteroatoms. The third-order valence-corrected chi connectivity index (χ3v) is 4.66. The summed E-state index contributed by atoms with van der Waals surface area (Å²) in [4.78, 5) is 43.2. The molecule has 0 bridgehead atoms. The van der Waals surface area contributed by atoms with Gasteiger partial charge in [-0.25, -0.2) is 14.6 Å². The predicted octanol–water partition coefficient (Wildman–Crippen LogP) is 1.93. The summed E-state index contributed by atoms with van der Waals surface area (Å²) in [7, 11) is 0. The second kappa shape index (κ2) is 9.25. The van der Waals surface area contributed by atoms with Crippen LogP contribution in [0, 0.1) is 33.6 Å². The summed E-state index contributed by atoms with van der Waals surface area (Å²) in [5, 5.41) is 0. The highest BCUT2D eigenvalue weighted by Gasteiger charge is 2.22. The number of ether oxygens (including phenoxy) is 1. The van der Waals surface area contributed by atoms with Crippen molar-refractivity contribution >= 4 is 5.97 Å². The van der Waals surface area contributed by atoms with Crippen LogP contribution in [0.3, 0.4) is 0 Å². The molecule has 2 atom stereocenters. The first-order valence-corrected chi connectivity index (χ1v) is 9.08. The molecule has 0 saturated heterocycles. The van der Waals surface area contributed by atoms with Crippen LogP contribution in [0.5, 0.6) is 0 Å². The summed E-state index contributed by atoms with van der Waals surface area (Å²) in [6.45, 7) is 9.28. The molecule has 0 aliphatic heterocycles. The SMILES string of the molecule is CC(=O)OCC1C=CC(n2cc(C)c(C)nc2=O)C1.Cc1cnc(=O)[nH]c1C. The van der Waals surface area contributed by atoms with Gasteiger partial charge in [0.25, 0.3) is 0 Å². The van der Waals surface area contributed by atoms with Gasteiger partial charge >= 0.3 is 17.3 Å². The molecule has 0 spiro atoms. The molecule has 150 valence electrons. The van der Waals surface area contributed by atoms with E-state index in [9.17, 15) is 14.4 Å². The Morgan fingerprint density at radius 3 is 2.54 bits per heavy atom. The molecule has 0 aromatic carbocycles. The molecule has 28 heavy (non-hydrogen) atoms. The van der Waals surface area contributed by atoms with Crippen LogP contribution in [0.15, 0.2) is 34.1 Å². The van der Waals surface area contributed by atoms with Crippen molar-refractivity contribution in [3.63, 3.8) is 0 Å². The summed E-state index contributed by atoms with van der Waals surface area (Å²) in [5.74, 6) is -0.107. The van der Waals surface area contributed by atoms with E-state index in [1.54, 1.807) is 10.8 Å². The molecule has 0 fully saturated rings. The average molecular weight is 386 g/mol. The number of aryl methyl sites for hydroxylation is 4. The minimum atomic E-state index is -0.280. The maximum absolute atomic E-state index is 11.9. The van der Waals surface area contributed by atoms with Gasteiger partial charge in [0, 0.05) is 36.6 Å². The number of aromatic nitrogens is 4. The largest absolute Gasteiger partial charge is 0.465 e. The number of carbonyl (C=O) groups excluding carboxylic acids is 1. The van der Waals surface area contributed by atoms with Gasteiger partial charge in [-0.2, -0.15) is 4.98 Å². The number of nitrogens with one attached hydrogen (secondary N) is 1. The van der Waals surface area contributed by atoms with Crippen molar-refractivity contribution in [1.29, 1.82) is 0 Å². The molecule has 3 rings (SSSR count). The number of aromatic amines is 1. The van der Waals surface area contributed by atoms with Crippen LogP contribution in [0.25, 0.3) is 0 Å². The van der Waals surface area contributed by atoms with Crippen LogP contribution in [0.1, 0.15) is 41.9 Å². The van der Waals surface area contributed by atoms with Crippen molar-refractivity contribution in [2.24, 2.45) is 5.92 Å². The highest BCUT2D eigenvalue weighted by molar-refractivity contribution is 5.65. The normalized spacial score (nSPS) is 17.8. The standard InChI is InChI=1S/C14H18N2O3.C6H8N2O/c1-9-7-16(14(18)15-10(9)2)13-5-4-12(6-13)8-19-11(3)17;1-4-3-7-6(9)8-5(4)2/h4-5,7,12-13H,6,8H2,1-3H3;3H,1-2H3,(H,7,8,9). The number of carbonyl (C=O) groups is 1. The van der Waals surface area contributed by atoms with Crippen LogP contribution >= 0.6 is 0 Å². The molecule has 2 heterocycles. The lowest BCUT2D eigenvalue weighted by Gasteiger charge is -2.15. The number of H-pyrrole nitrogens is 1. The predicted molar refractivity (Wildman–Crippen MR) is 105 cm³/mol. The Labute approximate surface area is 163 Å². The second-order valence-electron chi connectivity index (χ2n) is 6.95. The summed E-state index contributed by atoms with van der Waals surface area (Å²) >= 11 is 0. The van der Waals surface area contributed by atoms with Gasteiger partial charge in [0.15, 0.2) is 0 Å². The van der Waals surface area contributed by atoms with Gasteiger partial charge in [-0.05, 0) is 45.2 Å². The molecule has 2 aromatic rings.